The van der Waals surface area contributed by atoms with Crippen molar-refractivity contribution in [1.82, 2.24) is 10.3 Å². The maximum atomic E-state index is 5.56. The number of nitrogens with zero attached hydrogens (tertiary/aromatic N) is 1. The predicted octanol–water partition coefficient (Wildman–Crippen LogP) is 1.01. The van der Waals surface area contributed by atoms with Crippen molar-refractivity contribution in [2.75, 3.05) is 12.8 Å². The van der Waals surface area contributed by atoms with E-state index in [1.165, 1.54) is 4.88 Å². The minimum Gasteiger partial charge on any atom is -0.375 e. The predicted molar refractivity (Wildman–Crippen MR) is 48.7 cm³/mol. The van der Waals surface area contributed by atoms with Crippen LogP contribution in [0.2, 0.25) is 0 Å². The summed E-state index contributed by atoms with van der Waals surface area (Å²) in [6, 6.07) is 0. The van der Waals surface area contributed by atoms with Crippen molar-refractivity contribution in [2.45, 2.75) is 19.9 Å². The van der Waals surface area contributed by atoms with E-state index < -0.39 is 0 Å². The zero-order chi connectivity index (χ0) is 8.27. The summed E-state index contributed by atoms with van der Waals surface area (Å²) in [5, 5.41) is 3.76. The van der Waals surface area contributed by atoms with Gasteiger partial charge in [0.05, 0.1) is 5.69 Å². The van der Waals surface area contributed by atoms with Crippen LogP contribution in [0.5, 0.6) is 0 Å². The molecule has 62 valence electrons. The number of nitrogens with two attached hydrogens (primary N) is 1. The third kappa shape index (κ3) is 1.91. The molecule has 3 nitrogen and oxygen atoms in total. The van der Waals surface area contributed by atoms with Gasteiger partial charge in [-0.25, -0.2) is 4.98 Å². The number of hydrogen-bond acceptors (Lipinski definition) is 4. The Labute approximate surface area is 70.6 Å². The largest absolute Gasteiger partial charge is 0.375 e. The van der Waals surface area contributed by atoms with E-state index in [4.69, 9.17) is 5.73 Å². The Kier molecular flexibility index (Phi) is 2.84. The fraction of sp³-hybridized carbons (Fsp3) is 0.571. The summed E-state index contributed by atoms with van der Waals surface area (Å²) in [4.78, 5) is 5.46. The van der Waals surface area contributed by atoms with Crippen molar-refractivity contribution in [3.05, 3.63) is 10.6 Å². The quantitative estimate of drug-likeness (QED) is 0.713. The van der Waals surface area contributed by atoms with Gasteiger partial charge in [0.15, 0.2) is 5.13 Å². The lowest BCUT2D eigenvalue weighted by molar-refractivity contribution is 0.815. The minimum absolute atomic E-state index is 0.673. The van der Waals surface area contributed by atoms with Gasteiger partial charge in [-0.05, 0) is 13.5 Å². The van der Waals surface area contributed by atoms with Gasteiger partial charge < -0.3 is 11.1 Å². The Hall–Kier alpha value is -0.610. The molecule has 0 radical (unpaired) electrons. The summed E-state index contributed by atoms with van der Waals surface area (Å²) in [5.41, 5.74) is 6.69. The second-order valence-electron chi connectivity index (χ2n) is 2.31. The maximum absolute atomic E-state index is 5.56. The van der Waals surface area contributed by atoms with Crippen LogP contribution in [0.4, 0.5) is 5.13 Å². The molecule has 0 fully saturated rings. The van der Waals surface area contributed by atoms with E-state index in [1.807, 2.05) is 7.05 Å². The fourth-order valence-corrected chi connectivity index (χ4v) is 1.91. The highest BCUT2D eigenvalue weighted by Crippen LogP contribution is 2.20. The van der Waals surface area contributed by atoms with Gasteiger partial charge >= 0.3 is 0 Å². The Morgan fingerprint density at radius 3 is 2.91 bits per heavy atom. The van der Waals surface area contributed by atoms with Gasteiger partial charge in [0.25, 0.3) is 0 Å². The highest BCUT2D eigenvalue weighted by atomic mass is 32.1. The van der Waals surface area contributed by atoms with Gasteiger partial charge in [-0.2, -0.15) is 0 Å². The Balaban J connectivity index is 2.83. The Morgan fingerprint density at radius 2 is 2.36 bits per heavy atom. The van der Waals surface area contributed by atoms with E-state index in [-0.39, 0.29) is 0 Å². The highest BCUT2D eigenvalue weighted by Gasteiger charge is 2.05. The van der Waals surface area contributed by atoms with Gasteiger partial charge in [-0.3, -0.25) is 0 Å². The molecule has 0 aromatic carbocycles. The average molecular weight is 171 g/mol. The number of nitrogen functional groups attached to an aromatic ring is 1. The zero-order valence-electron chi connectivity index (χ0n) is 6.85. The normalized spacial score (nSPS) is 10.4. The Morgan fingerprint density at radius 1 is 1.64 bits per heavy atom. The molecule has 0 bridgehead atoms. The van der Waals surface area contributed by atoms with Gasteiger partial charge in [0, 0.05) is 11.4 Å². The standard InChI is InChI=1S/C7H13N3S/c1-3-5-6(4-9-2)11-7(8)10-5/h9H,3-4H2,1-2H3,(H2,8,10). The molecule has 0 atom stereocenters. The second-order valence-corrected chi connectivity index (χ2v) is 3.42. The number of thiazole rings is 1. The molecule has 0 aliphatic rings. The summed E-state index contributed by atoms with van der Waals surface area (Å²) in [7, 11) is 1.93. The molecule has 0 spiro atoms. The van der Waals surface area contributed by atoms with Gasteiger partial charge in [-0.1, -0.05) is 6.92 Å². The molecule has 0 amide bonds. The van der Waals surface area contributed by atoms with E-state index >= 15 is 0 Å². The van der Waals surface area contributed by atoms with Crippen LogP contribution in [0.1, 0.15) is 17.5 Å². The monoisotopic (exact) mass is 171 g/mol. The number of hydrogen-bond donors (Lipinski definition) is 2. The van der Waals surface area contributed by atoms with Crippen molar-refractivity contribution < 1.29 is 0 Å². The third-order valence-corrected chi connectivity index (χ3v) is 2.39. The molecule has 4 heteroatoms. The first-order valence-electron chi connectivity index (χ1n) is 3.66. The van der Waals surface area contributed by atoms with Gasteiger partial charge in [-0.15, -0.1) is 11.3 Å². The molecule has 11 heavy (non-hydrogen) atoms. The molecule has 1 rings (SSSR count). The van der Waals surface area contributed by atoms with E-state index in [1.54, 1.807) is 11.3 Å². The van der Waals surface area contributed by atoms with Crippen LogP contribution in [0.15, 0.2) is 0 Å². The molecule has 1 aromatic heterocycles. The molecule has 3 N–H and O–H groups in total. The van der Waals surface area contributed by atoms with Crippen LogP contribution >= 0.6 is 11.3 Å². The number of aryl methyl sites for hydroxylation is 1. The molecular weight excluding hydrogens is 158 g/mol. The lowest BCUT2D eigenvalue weighted by Crippen LogP contribution is -2.05. The Bertz CT molecular complexity index is 232. The van der Waals surface area contributed by atoms with Crippen molar-refractivity contribution in [2.24, 2.45) is 0 Å². The number of nitrogens with one attached hydrogen (secondary N) is 1. The van der Waals surface area contributed by atoms with E-state index in [9.17, 15) is 0 Å². The van der Waals surface area contributed by atoms with Crippen LogP contribution in [-0.4, -0.2) is 12.0 Å². The summed E-state index contributed by atoms with van der Waals surface area (Å²) >= 11 is 1.57. The summed E-state index contributed by atoms with van der Waals surface area (Å²) in [6.07, 6.45) is 0.963. The molecule has 1 aromatic rings. The minimum atomic E-state index is 0.673. The van der Waals surface area contributed by atoms with Crippen LogP contribution in [0, 0.1) is 0 Å². The van der Waals surface area contributed by atoms with Crippen molar-refractivity contribution in [1.29, 1.82) is 0 Å². The topological polar surface area (TPSA) is 50.9 Å². The number of anilines is 1. The molecule has 0 aliphatic carbocycles. The smallest absolute Gasteiger partial charge is 0.180 e. The molecule has 0 aliphatic heterocycles. The van der Waals surface area contributed by atoms with E-state index in [0.29, 0.717) is 5.13 Å². The number of aromatic nitrogens is 1. The van der Waals surface area contributed by atoms with E-state index in [0.717, 1.165) is 18.7 Å². The first-order valence-corrected chi connectivity index (χ1v) is 4.48. The third-order valence-electron chi connectivity index (χ3n) is 1.47. The molecule has 0 unspecified atom stereocenters. The van der Waals surface area contributed by atoms with Crippen LogP contribution in [0.25, 0.3) is 0 Å². The molecule has 1 heterocycles. The van der Waals surface area contributed by atoms with Crippen molar-refractivity contribution in [3.8, 4) is 0 Å². The SMILES string of the molecule is CCc1nc(N)sc1CNC. The highest BCUT2D eigenvalue weighted by molar-refractivity contribution is 7.15. The lowest BCUT2D eigenvalue weighted by Gasteiger charge is -1.95. The lowest BCUT2D eigenvalue weighted by atomic mass is 10.3. The number of rotatable bonds is 3. The van der Waals surface area contributed by atoms with Gasteiger partial charge in [0.1, 0.15) is 0 Å². The average Bonchev–Trinajstić information content (AvgIpc) is 2.32. The maximum Gasteiger partial charge on any atom is 0.180 e. The zero-order valence-corrected chi connectivity index (χ0v) is 7.66. The molecule has 0 saturated heterocycles. The first-order chi connectivity index (χ1) is 5.27. The van der Waals surface area contributed by atoms with Gasteiger partial charge in [0.2, 0.25) is 0 Å². The molecule has 0 saturated carbocycles. The summed E-state index contributed by atoms with van der Waals surface area (Å²) in [5.74, 6) is 0. The summed E-state index contributed by atoms with van der Waals surface area (Å²) in [6.45, 7) is 2.96. The van der Waals surface area contributed by atoms with Crippen molar-refractivity contribution >= 4 is 16.5 Å². The van der Waals surface area contributed by atoms with Crippen LogP contribution < -0.4 is 11.1 Å². The fourth-order valence-electron chi connectivity index (χ4n) is 0.978. The van der Waals surface area contributed by atoms with E-state index in [2.05, 4.69) is 17.2 Å². The second kappa shape index (κ2) is 3.69. The van der Waals surface area contributed by atoms with Crippen LogP contribution in [0.3, 0.4) is 0 Å². The first kappa shape index (κ1) is 8.49. The summed E-state index contributed by atoms with van der Waals surface area (Å²) < 4.78 is 0. The molecular formula is C7H13N3S. The van der Waals surface area contributed by atoms with Crippen molar-refractivity contribution in [3.63, 3.8) is 0 Å². The van der Waals surface area contributed by atoms with Crippen LogP contribution in [-0.2, 0) is 13.0 Å².